The van der Waals surface area contributed by atoms with Crippen LogP contribution in [0.3, 0.4) is 0 Å². The molecule has 46 heavy (non-hydrogen) atoms. The van der Waals surface area contributed by atoms with Gasteiger partial charge in [-0.2, -0.15) is 4.58 Å². The molecule has 0 saturated heterocycles. The van der Waals surface area contributed by atoms with Crippen LogP contribution in [0.4, 0.5) is 22.7 Å². The number of allylic oxidation sites excluding steroid dienone is 2. The van der Waals surface area contributed by atoms with Crippen molar-refractivity contribution in [1.29, 1.82) is 0 Å². The van der Waals surface area contributed by atoms with E-state index in [1.54, 1.807) is 0 Å². The quantitative estimate of drug-likeness (QED) is 0.179. The highest BCUT2D eigenvalue weighted by molar-refractivity contribution is 7.26. The molecule has 1 unspecified atom stereocenters. The summed E-state index contributed by atoms with van der Waals surface area (Å²) in [5.74, 6) is 0. The van der Waals surface area contributed by atoms with Crippen molar-refractivity contribution in [2.45, 2.75) is 6.04 Å². The summed E-state index contributed by atoms with van der Waals surface area (Å²) in [4.78, 5) is 2.62. The lowest BCUT2D eigenvalue weighted by molar-refractivity contribution is 0.931. The largest absolute Gasteiger partial charge is 0.316 e. The number of para-hydroxylation sites is 4. The third-order valence-electron chi connectivity index (χ3n) is 10.0. The van der Waals surface area contributed by atoms with Gasteiger partial charge in [-0.25, -0.2) is 0 Å². The lowest BCUT2D eigenvalue weighted by Crippen LogP contribution is -2.43. The van der Waals surface area contributed by atoms with Crippen molar-refractivity contribution in [3.63, 3.8) is 0 Å². The summed E-state index contributed by atoms with van der Waals surface area (Å²) in [6.07, 6.45) is 6.87. The van der Waals surface area contributed by atoms with Crippen LogP contribution in [0.5, 0.6) is 0 Å². The first-order valence-electron chi connectivity index (χ1n) is 15.8. The summed E-state index contributed by atoms with van der Waals surface area (Å²) in [7, 11) is 0. The van der Waals surface area contributed by atoms with Gasteiger partial charge in [-0.15, -0.1) is 11.3 Å². The fraction of sp³-hybridized carbons (Fsp3) is 0.0238. The highest BCUT2D eigenvalue weighted by atomic mass is 32.1. The Bertz CT molecular complexity index is 2700. The van der Waals surface area contributed by atoms with Crippen LogP contribution < -0.4 is 9.48 Å². The number of rotatable bonds is 2. The van der Waals surface area contributed by atoms with E-state index in [9.17, 15) is 0 Å². The minimum Gasteiger partial charge on any atom is -0.316 e. The molecular weight excluding hydrogens is 579 g/mol. The van der Waals surface area contributed by atoms with E-state index < -0.39 is 0 Å². The van der Waals surface area contributed by atoms with Gasteiger partial charge in [-0.05, 0) is 29.8 Å². The highest BCUT2D eigenvalue weighted by Crippen LogP contribution is 2.56. The van der Waals surface area contributed by atoms with E-state index in [4.69, 9.17) is 0 Å². The first-order valence-corrected chi connectivity index (χ1v) is 16.6. The second-order valence-corrected chi connectivity index (χ2v) is 13.4. The summed E-state index contributed by atoms with van der Waals surface area (Å²) in [5.41, 5.74) is 12.6. The van der Waals surface area contributed by atoms with Crippen LogP contribution in [0.15, 0.2) is 152 Å². The van der Waals surface area contributed by atoms with Crippen LogP contribution >= 0.6 is 11.3 Å². The summed E-state index contributed by atoms with van der Waals surface area (Å²) >= 11 is 1.90. The second kappa shape index (κ2) is 8.94. The molecule has 0 N–H and O–H groups in total. The summed E-state index contributed by atoms with van der Waals surface area (Å²) < 4.78 is 7.65. The Labute approximate surface area is 269 Å². The van der Waals surface area contributed by atoms with E-state index >= 15 is 0 Å². The third kappa shape index (κ3) is 3.04. The first-order chi connectivity index (χ1) is 22.9. The zero-order chi connectivity index (χ0) is 29.9. The topological polar surface area (TPSA) is 11.2 Å². The number of fused-ring (bicyclic) bond motifs is 12. The van der Waals surface area contributed by atoms with Crippen molar-refractivity contribution in [3.8, 4) is 5.69 Å². The van der Waals surface area contributed by atoms with Gasteiger partial charge in [0, 0.05) is 56.1 Å². The molecule has 1 atom stereocenters. The maximum atomic E-state index is 2.62. The zero-order valence-corrected chi connectivity index (χ0v) is 25.6. The highest BCUT2D eigenvalue weighted by Gasteiger charge is 2.49. The molecule has 1 aliphatic carbocycles. The van der Waals surface area contributed by atoms with Crippen molar-refractivity contribution < 1.29 is 0 Å². The Morgan fingerprint density at radius 3 is 2.30 bits per heavy atom. The number of nitrogens with zero attached hydrogens (tertiary/aromatic N) is 3. The molecule has 214 valence electrons. The van der Waals surface area contributed by atoms with Crippen LogP contribution in [0.1, 0.15) is 5.56 Å². The first kappa shape index (κ1) is 24.6. The van der Waals surface area contributed by atoms with Crippen LogP contribution in [0, 0.1) is 0 Å². The lowest BCUT2D eigenvalue weighted by Gasteiger charge is -2.33. The summed E-state index contributed by atoms with van der Waals surface area (Å²) in [6, 6.07) is 49.0. The molecule has 6 aromatic carbocycles. The maximum absolute atomic E-state index is 2.62. The molecule has 0 bridgehead atoms. The molecule has 0 spiro atoms. The zero-order valence-electron chi connectivity index (χ0n) is 24.8. The van der Waals surface area contributed by atoms with Gasteiger partial charge in [0.1, 0.15) is 11.7 Å². The Hall–Kier alpha value is -5.71. The SMILES string of the molecule is C1=CC2=[N+](c3ccccc3)c3ccccc3N3c4c(ccc5c6ccccc6n(-c6cccc7c6sc6ccccc67)c45)C(=C1)C23. The summed E-state index contributed by atoms with van der Waals surface area (Å²) in [6.45, 7) is 0. The van der Waals surface area contributed by atoms with Crippen LogP contribution in [0.2, 0.25) is 0 Å². The van der Waals surface area contributed by atoms with E-state index in [0.717, 1.165) is 0 Å². The smallest absolute Gasteiger partial charge is 0.235 e. The fourth-order valence-corrected chi connectivity index (χ4v) is 9.43. The standard InChI is InChI=1S/C42H26N3S/c1-2-12-26(13-3-1)43-34-19-7-8-20-35(34)45-39-29(16-10-21-36(39)43)31-25-24-30-27-14-4-6-18-33(27)44(40(30)41(31)45)37-22-11-17-32-28-15-5-9-23-38(28)46-42(32)37/h1-25,39H/q+1. The van der Waals surface area contributed by atoms with E-state index in [0.29, 0.717) is 0 Å². The van der Waals surface area contributed by atoms with Gasteiger partial charge in [0.05, 0.1) is 27.1 Å². The monoisotopic (exact) mass is 604 g/mol. The minimum absolute atomic E-state index is 0.0762. The minimum atomic E-state index is 0.0762. The van der Waals surface area contributed by atoms with Gasteiger partial charge < -0.3 is 9.47 Å². The van der Waals surface area contributed by atoms with Crippen molar-refractivity contribution in [1.82, 2.24) is 9.14 Å². The molecule has 3 nitrogen and oxygen atoms in total. The van der Waals surface area contributed by atoms with Crippen LogP contribution in [-0.4, -0.2) is 16.3 Å². The number of thiophene rings is 1. The Morgan fingerprint density at radius 1 is 0.609 bits per heavy atom. The van der Waals surface area contributed by atoms with Gasteiger partial charge in [-0.1, -0.05) is 103 Å². The van der Waals surface area contributed by atoms with Gasteiger partial charge in [0.2, 0.25) is 17.1 Å². The Morgan fingerprint density at radius 2 is 1.37 bits per heavy atom. The maximum Gasteiger partial charge on any atom is 0.235 e. The number of hydrogen-bond acceptors (Lipinski definition) is 2. The van der Waals surface area contributed by atoms with E-state index in [-0.39, 0.29) is 6.04 Å². The van der Waals surface area contributed by atoms with Crippen molar-refractivity contribution in [2.24, 2.45) is 0 Å². The van der Waals surface area contributed by atoms with Gasteiger partial charge in [-0.3, -0.25) is 0 Å². The number of anilines is 2. The number of benzene rings is 6. The molecule has 3 aliphatic rings. The van der Waals surface area contributed by atoms with Crippen LogP contribution in [0.25, 0.3) is 53.2 Å². The van der Waals surface area contributed by atoms with Gasteiger partial charge in [0.25, 0.3) is 0 Å². The molecular formula is C42H26N3S+. The number of hydrogen-bond donors (Lipinski definition) is 0. The predicted octanol–water partition coefficient (Wildman–Crippen LogP) is 10.9. The Balaban J connectivity index is 1.29. The average Bonchev–Trinajstić information content (AvgIpc) is 3.78. The van der Waals surface area contributed by atoms with Gasteiger partial charge in [0.15, 0.2) is 0 Å². The second-order valence-electron chi connectivity index (χ2n) is 12.3. The summed E-state index contributed by atoms with van der Waals surface area (Å²) in [5, 5.41) is 5.20. The molecule has 0 amide bonds. The molecule has 0 radical (unpaired) electrons. The number of aromatic nitrogens is 1. The molecule has 0 fully saturated rings. The molecule has 0 saturated carbocycles. The fourth-order valence-electron chi connectivity index (χ4n) is 8.22. The van der Waals surface area contributed by atoms with Crippen molar-refractivity contribution >= 4 is 87.3 Å². The normalized spacial score (nSPS) is 16.4. The van der Waals surface area contributed by atoms with E-state index in [1.807, 2.05) is 11.3 Å². The van der Waals surface area contributed by atoms with Crippen molar-refractivity contribution in [2.75, 3.05) is 4.90 Å². The molecule has 2 aliphatic heterocycles. The van der Waals surface area contributed by atoms with E-state index in [2.05, 4.69) is 166 Å². The van der Waals surface area contributed by atoms with Crippen molar-refractivity contribution in [3.05, 3.63) is 157 Å². The lowest BCUT2D eigenvalue weighted by atomic mass is 9.92. The molecule has 8 aromatic rings. The average molecular weight is 605 g/mol. The van der Waals surface area contributed by atoms with Crippen LogP contribution in [-0.2, 0) is 0 Å². The van der Waals surface area contributed by atoms with E-state index in [1.165, 1.54) is 87.3 Å². The third-order valence-corrected chi connectivity index (χ3v) is 11.2. The Kier molecular flexibility index (Phi) is 4.78. The molecule has 2 aromatic heterocycles. The molecule has 11 rings (SSSR count). The van der Waals surface area contributed by atoms with Gasteiger partial charge >= 0.3 is 0 Å². The predicted molar refractivity (Wildman–Crippen MR) is 196 cm³/mol. The molecule has 4 heteroatoms. The molecule has 4 heterocycles.